The van der Waals surface area contributed by atoms with Crippen molar-refractivity contribution in [2.24, 2.45) is 5.41 Å². The largest absolute Gasteiger partial charge is 0.381 e. The van der Waals surface area contributed by atoms with Gasteiger partial charge in [-0.25, -0.2) is 0 Å². The molecule has 0 amide bonds. The maximum atomic E-state index is 10.8. The SMILES string of the molecule is CC1=CC(C)(C)CC[C@]1(O)c1ccccc1. The smallest absolute Gasteiger partial charge is 0.110 e. The number of hydrogen-bond acceptors (Lipinski definition) is 1. The van der Waals surface area contributed by atoms with Crippen LogP contribution < -0.4 is 0 Å². The molecule has 0 unspecified atom stereocenters. The van der Waals surface area contributed by atoms with Gasteiger partial charge in [-0.2, -0.15) is 0 Å². The van der Waals surface area contributed by atoms with E-state index >= 15 is 0 Å². The second-order valence-electron chi connectivity index (χ2n) is 5.54. The summed E-state index contributed by atoms with van der Waals surface area (Å²) in [7, 11) is 0. The van der Waals surface area contributed by atoms with E-state index in [0.717, 1.165) is 24.0 Å². The van der Waals surface area contributed by atoms with E-state index in [1.165, 1.54) is 0 Å². The number of rotatable bonds is 1. The Kier molecular flexibility index (Phi) is 2.67. The molecule has 2 rings (SSSR count). The molecule has 86 valence electrons. The number of hydrogen-bond donors (Lipinski definition) is 1. The number of benzene rings is 1. The van der Waals surface area contributed by atoms with Gasteiger partial charge in [0.2, 0.25) is 0 Å². The normalized spacial score (nSPS) is 28.6. The van der Waals surface area contributed by atoms with Gasteiger partial charge in [-0.1, -0.05) is 50.3 Å². The summed E-state index contributed by atoms with van der Waals surface area (Å²) in [5, 5.41) is 10.8. The molecule has 0 saturated carbocycles. The van der Waals surface area contributed by atoms with Crippen LogP contribution in [0.25, 0.3) is 0 Å². The third kappa shape index (κ3) is 1.92. The lowest BCUT2D eigenvalue weighted by Gasteiger charge is -2.39. The van der Waals surface area contributed by atoms with Crippen LogP contribution in [0.3, 0.4) is 0 Å². The van der Waals surface area contributed by atoms with Crippen molar-refractivity contribution in [2.75, 3.05) is 0 Å². The van der Waals surface area contributed by atoms with Gasteiger partial charge in [-0.05, 0) is 36.3 Å². The Balaban J connectivity index is 2.42. The zero-order chi connectivity index (χ0) is 11.8. The molecular formula is C15H20O. The fraction of sp³-hybridized carbons (Fsp3) is 0.467. The van der Waals surface area contributed by atoms with Gasteiger partial charge >= 0.3 is 0 Å². The molecule has 1 aliphatic carbocycles. The summed E-state index contributed by atoms with van der Waals surface area (Å²) in [6.07, 6.45) is 4.05. The Labute approximate surface area is 97.8 Å². The molecule has 0 fully saturated rings. The van der Waals surface area contributed by atoms with Gasteiger partial charge < -0.3 is 5.11 Å². The zero-order valence-corrected chi connectivity index (χ0v) is 10.3. The van der Waals surface area contributed by atoms with E-state index in [0.29, 0.717) is 0 Å². The van der Waals surface area contributed by atoms with Crippen LogP contribution in [0.5, 0.6) is 0 Å². The van der Waals surface area contributed by atoms with Gasteiger partial charge in [0.15, 0.2) is 0 Å². The van der Waals surface area contributed by atoms with Crippen molar-refractivity contribution >= 4 is 0 Å². The predicted octanol–water partition coefficient (Wildman–Crippen LogP) is 3.64. The average Bonchev–Trinajstić information content (AvgIpc) is 2.25. The fourth-order valence-corrected chi connectivity index (χ4v) is 2.56. The maximum absolute atomic E-state index is 10.8. The highest BCUT2D eigenvalue weighted by molar-refractivity contribution is 5.34. The molecule has 1 aromatic rings. The Morgan fingerprint density at radius 3 is 2.25 bits per heavy atom. The van der Waals surface area contributed by atoms with Gasteiger partial charge in [0.1, 0.15) is 5.60 Å². The van der Waals surface area contributed by atoms with E-state index in [2.05, 4.69) is 19.9 Å². The van der Waals surface area contributed by atoms with E-state index in [4.69, 9.17) is 0 Å². The summed E-state index contributed by atoms with van der Waals surface area (Å²) in [6, 6.07) is 9.98. The molecule has 0 spiro atoms. The lowest BCUT2D eigenvalue weighted by Crippen LogP contribution is -2.33. The highest BCUT2D eigenvalue weighted by Crippen LogP contribution is 2.44. The summed E-state index contributed by atoms with van der Waals surface area (Å²) in [6.45, 7) is 6.48. The second kappa shape index (κ2) is 3.74. The van der Waals surface area contributed by atoms with Gasteiger partial charge in [0.05, 0.1) is 0 Å². The molecule has 0 radical (unpaired) electrons. The van der Waals surface area contributed by atoms with E-state index < -0.39 is 5.60 Å². The quantitative estimate of drug-likeness (QED) is 0.711. The molecule has 1 N–H and O–H groups in total. The maximum Gasteiger partial charge on any atom is 0.110 e. The standard InChI is InChI=1S/C15H20O/c1-12-11-14(2,3)9-10-15(12,16)13-7-5-4-6-8-13/h4-8,11,16H,9-10H2,1-3H3/t15-/m1/s1. The lowest BCUT2D eigenvalue weighted by atomic mass is 9.70. The van der Waals surface area contributed by atoms with Crippen molar-refractivity contribution in [3.8, 4) is 0 Å². The minimum atomic E-state index is -0.753. The van der Waals surface area contributed by atoms with Crippen LogP contribution in [0.2, 0.25) is 0 Å². The first-order valence-electron chi connectivity index (χ1n) is 5.92. The van der Waals surface area contributed by atoms with Crippen LogP contribution in [-0.4, -0.2) is 5.11 Å². The molecular weight excluding hydrogens is 196 g/mol. The van der Waals surface area contributed by atoms with Crippen molar-refractivity contribution in [2.45, 2.75) is 39.2 Å². The predicted molar refractivity (Wildman–Crippen MR) is 67.1 cm³/mol. The monoisotopic (exact) mass is 216 g/mol. The summed E-state index contributed by atoms with van der Waals surface area (Å²) in [4.78, 5) is 0. The Bertz CT molecular complexity index is 403. The highest BCUT2D eigenvalue weighted by Gasteiger charge is 2.37. The van der Waals surface area contributed by atoms with Crippen molar-refractivity contribution in [1.29, 1.82) is 0 Å². The Hall–Kier alpha value is -1.08. The van der Waals surface area contributed by atoms with Crippen molar-refractivity contribution < 1.29 is 5.11 Å². The molecule has 0 saturated heterocycles. The number of aliphatic hydroxyl groups is 1. The second-order valence-corrected chi connectivity index (χ2v) is 5.54. The van der Waals surface area contributed by atoms with E-state index in [9.17, 15) is 5.11 Å². The molecule has 1 aliphatic rings. The molecule has 1 heteroatoms. The summed E-state index contributed by atoms with van der Waals surface area (Å²) < 4.78 is 0. The van der Waals surface area contributed by atoms with Gasteiger partial charge in [0.25, 0.3) is 0 Å². The van der Waals surface area contributed by atoms with Gasteiger partial charge in [0, 0.05) is 0 Å². The van der Waals surface area contributed by atoms with Gasteiger partial charge in [-0.15, -0.1) is 0 Å². The van der Waals surface area contributed by atoms with Crippen LogP contribution in [0, 0.1) is 5.41 Å². The fourth-order valence-electron chi connectivity index (χ4n) is 2.56. The van der Waals surface area contributed by atoms with Crippen molar-refractivity contribution in [3.63, 3.8) is 0 Å². The molecule has 1 aromatic carbocycles. The van der Waals surface area contributed by atoms with Crippen LogP contribution in [0.4, 0.5) is 0 Å². The minimum Gasteiger partial charge on any atom is -0.381 e. The van der Waals surface area contributed by atoms with Gasteiger partial charge in [-0.3, -0.25) is 0 Å². The molecule has 1 nitrogen and oxygen atoms in total. The molecule has 0 heterocycles. The van der Waals surface area contributed by atoms with Crippen LogP contribution in [0.1, 0.15) is 39.2 Å². The average molecular weight is 216 g/mol. The van der Waals surface area contributed by atoms with Crippen molar-refractivity contribution in [3.05, 3.63) is 47.5 Å². The summed E-state index contributed by atoms with van der Waals surface area (Å²) >= 11 is 0. The van der Waals surface area contributed by atoms with Crippen LogP contribution >= 0.6 is 0 Å². The number of allylic oxidation sites excluding steroid dienone is 1. The van der Waals surface area contributed by atoms with E-state index in [-0.39, 0.29) is 5.41 Å². The van der Waals surface area contributed by atoms with Crippen molar-refractivity contribution in [1.82, 2.24) is 0 Å². The third-order valence-electron chi connectivity index (χ3n) is 3.64. The Morgan fingerprint density at radius 1 is 1.06 bits per heavy atom. The Morgan fingerprint density at radius 2 is 1.69 bits per heavy atom. The highest BCUT2D eigenvalue weighted by atomic mass is 16.3. The first kappa shape index (κ1) is 11.4. The third-order valence-corrected chi connectivity index (χ3v) is 3.64. The summed E-state index contributed by atoms with van der Waals surface area (Å²) in [5.41, 5.74) is 1.55. The topological polar surface area (TPSA) is 20.2 Å². The summed E-state index contributed by atoms with van der Waals surface area (Å²) in [5.74, 6) is 0. The van der Waals surface area contributed by atoms with E-state index in [1.807, 2.05) is 37.3 Å². The molecule has 0 aliphatic heterocycles. The minimum absolute atomic E-state index is 0.213. The molecule has 0 aromatic heterocycles. The zero-order valence-electron chi connectivity index (χ0n) is 10.3. The molecule has 0 bridgehead atoms. The van der Waals surface area contributed by atoms with Crippen LogP contribution in [-0.2, 0) is 5.60 Å². The molecule has 16 heavy (non-hydrogen) atoms. The van der Waals surface area contributed by atoms with Crippen LogP contribution in [0.15, 0.2) is 42.0 Å². The first-order chi connectivity index (χ1) is 7.44. The lowest BCUT2D eigenvalue weighted by molar-refractivity contribution is 0.0445. The van der Waals surface area contributed by atoms with E-state index in [1.54, 1.807) is 0 Å². The first-order valence-corrected chi connectivity index (χ1v) is 5.92. The molecule has 1 atom stereocenters.